The number of hydrogen-bond acceptors (Lipinski definition) is 4. The minimum Gasteiger partial charge on any atom is -0.316 e. The van der Waals surface area contributed by atoms with Gasteiger partial charge in [0.15, 0.2) is 0 Å². The summed E-state index contributed by atoms with van der Waals surface area (Å²) in [5.41, 5.74) is 1.40. The van der Waals surface area contributed by atoms with E-state index in [0.717, 1.165) is 19.5 Å². The summed E-state index contributed by atoms with van der Waals surface area (Å²) >= 11 is 1.80. The number of thiazole rings is 1. The molecule has 0 saturated carbocycles. The van der Waals surface area contributed by atoms with Crippen molar-refractivity contribution in [1.82, 2.24) is 15.2 Å². The van der Waals surface area contributed by atoms with Gasteiger partial charge < -0.3 is 10.2 Å². The van der Waals surface area contributed by atoms with Crippen molar-refractivity contribution in [2.24, 2.45) is 0 Å². The smallest absolute Gasteiger partial charge is 0.0941 e. The summed E-state index contributed by atoms with van der Waals surface area (Å²) < 4.78 is 0. The lowest BCUT2D eigenvalue weighted by Crippen LogP contribution is -2.25. The summed E-state index contributed by atoms with van der Waals surface area (Å²) in [6, 6.07) is 0. The Bertz CT molecular complexity index is 378. The van der Waals surface area contributed by atoms with Crippen LogP contribution in [0, 0.1) is 0 Å². The average molecular weight is 312 g/mol. The molecule has 21 heavy (non-hydrogen) atoms. The van der Waals surface area contributed by atoms with Crippen LogP contribution < -0.4 is 5.32 Å². The minimum atomic E-state index is 0.173. The first-order valence-corrected chi connectivity index (χ1v) is 9.23. The van der Waals surface area contributed by atoms with E-state index in [-0.39, 0.29) is 5.41 Å². The van der Waals surface area contributed by atoms with E-state index < -0.39 is 0 Å². The third-order valence-electron chi connectivity index (χ3n) is 3.81. The fourth-order valence-corrected chi connectivity index (χ4v) is 3.24. The molecule has 0 aromatic carbocycles. The first-order chi connectivity index (χ1) is 9.97. The van der Waals surface area contributed by atoms with Crippen LogP contribution in [-0.4, -0.2) is 42.6 Å². The third kappa shape index (κ3) is 7.39. The van der Waals surface area contributed by atoms with Crippen molar-refractivity contribution in [3.8, 4) is 0 Å². The highest BCUT2D eigenvalue weighted by Gasteiger charge is 2.16. The van der Waals surface area contributed by atoms with Gasteiger partial charge in [0.2, 0.25) is 0 Å². The Morgan fingerprint density at radius 3 is 2.43 bits per heavy atom. The molecule has 122 valence electrons. The molecule has 0 bridgehead atoms. The van der Waals surface area contributed by atoms with Gasteiger partial charge in [0.1, 0.15) is 0 Å². The van der Waals surface area contributed by atoms with Gasteiger partial charge in [0, 0.05) is 23.8 Å². The molecule has 1 heterocycles. The summed E-state index contributed by atoms with van der Waals surface area (Å²) in [5.74, 6) is 0. The number of hydrogen-bond donors (Lipinski definition) is 1. The highest BCUT2D eigenvalue weighted by Crippen LogP contribution is 2.23. The first kappa shape index (κ1) is 18.6. The molecule has 0 saturated heterocycles. The third-order valence-corrected chi connectivity index (χ3v) is 4.72. The minimum absolute atomic E-state index is 0.173. The zero-order valence-corrected chi connectivity index (χ0v) is 15.4. The van der Waals surface area contributed by atoms with Crippen molar-refractivity contribution in [3.05, 3.63) is 16.1 Å². The topological polar surface area (TPSA) is 28.2 Å². The van der Waals surface area contributed by atoms with Gasteiger partial charge in [-0.1, -0.05) is 34.6 Å². The number of aromatic nitrogens is 1. The molecule has 0 aliphatic rings. The number of nitrogens with one attached hydrogen (secondary N) is 1. The van der Waals surface area contributed by atoms with E-state index >= 15 is 0 Å². The normalized spacial score (nSPS) is 12.3. The number of unbranched alkanes of at least 4 members (excludes halogenated alkanes) is 1. The molecule has 1 aromatic rings. The molecule has 0 fully saturated rings. The maximum Gasteiger partial charge on any atom is 0.0941 e. The number of nitrogens with zero attached hydrogens (tertiary/aromatic N) is 2. The summed E-state index contributed by atoms with van der Waals surface area (Å²) in [7, 11) is 0. The van der Waals surface area contributed by atoms with Crippen molar-refractivity contribution in [2.45, 2.75) is 59.3 Å². The lowest BCUT2D eigenvalue weighted by atomic mass is 9.93. The molecule has 0 aliphatic heterocycles. The highest BCUT2D eigenvalue weighted by molar-refractivity contribution is 7.09. The van der Waals surface area contributed by atoms with Crippen LogP contribution in [0.5, 0.6) is 0 Å². The van der Waals surface area contributed by atoms with Gasteiger partial charge in [0.25, 0.3) is 0 Å². The standard InChI is InChI=1S/C17H33N3S/c1-6-20(7-2)13-9-8-11-18-12-10-16-19-15(14-21-16)17(3,4)5/h14,18H,6-13H2,1-5H3. The van der Waals surface area contributed by atoms with Crippen molar-refractivity contribution in [3.63, 3.8) is 0 Å². The van der Waals surface area contributed by atoms with Gasteiger partial charge in [-0.15, -0.1) is 11.3 Å². The van der Waals surface area contributed by atoms with E-state index in [9.17, 15) is 0 Å². The Morgan fingerprint density at radius 2 is 1.86 bits per heavy atom. The largest absolute Gasteiger partial charge is 0.316 e. The van der Waals surface area contributed by atoms with Crippen LogP contribution in [0.15, 0.2) is 5.38 Å². The van der Waals surface area contributed by atoms with Crippen LogP contribution >= 0.6 is 11.3 Å². The molecule has 0 spiro atoms. The van der Waals surface area contributed by atoms with Gasteiger partial charge in [0.05, 0.1) is 10.7 Å². The van der Waals surface area contributed by atoms with Gasteiger partial charge in [-0.2, -0.15) is 0 Å². The predicted molar refractivity (Wildman–Crippen MR) is 94.4 cm³/mol. The van der Waals surface area contributed by atoms with E-state index in [4.69, 9.17) is 4.98 Å². The van der Waals surface area contributed by atoms with Crippen LogP contribution in [0.1, 0.15) is 58.2 Å². The van der Waals surface area contributed by atoms with Crippen molar-refractivity contribution < 1.29 is 0 Å². The van der Waals surface area contributed by atoms with E-state index in [1.54, 1.807) is 11.3 Å². The second-order valence-electron chi connectivity index (χ2n) is 6.61. The Labute approximate surface area is 135 Å². The fourth-order valence-electron chi connectivity index (χ4n) is 2.22. The maximum absolute atomic E-state index is 4.73. The molecule has 1 rings (SSSR count). The molecule has 1 N–H and O–H groups in total. The molecular formula is C17H33N3S. The van der Waals surface area contributed by atoms with E-state index in [1.807, 2.05) is 0 Å². The monoisotopic (exact) mass is 311 g/mol. The molecular weight excluding hydrogens is 278 g/mol. The quantitative estimate of drug-likeness (QED) is 0.668. The van der Waals surface area contributed by atoms with Crippen LogP contribution in [0.3, 0.4) is 0 Å². The van der Waals surface area contributed by atoms with E-state index in [1.165, 1.54) is 43.2 Å². The lowest BCUT2D eigenvalue weighted by molar-refractivity contribution is 0.296. The highest BCUT2D eigenvalue weighted by atomic mass is 32.1. The molecule has 0 radical (unpaired) electrons. The molecule has 0 atom stereocenters. The summed E-state index contributed by atoms with van der Waals surface area (Å²) in [6.45, 7) is 16.9. The fraction of sp³-hybridized carbons (Fsp3) is 0.824. The number of rotatable bonds is 10. The second kappa shape index (κ2) is 9.54. The van der Waals surface area contributed by atoms with Gasteiger partial charge in [-0.05, 0) is 39.0 Å². The van der Waals surface area contributed by atoms with Crippen LogP contribution in [0.2, 0.25) is 0 Å². The van der Waals surface area contributed by atoms with E-state index in [0.29, 0.717) is 0 Å². The summed E-state index contributed by atoms with van der Waals surface area (Å²) in [5, 5.41) is 7.01. The summed E-state index contributed by atoms with van der Waals surface area (Å²) in [6.07, 6.45) is 3.61. The zero-order chi connectivity index (χ0) is 15.7. The second-order valence-corrected chi connectivity index (χ2v) is 7.55. The predicted octanol–water partition coefficient (Wildman–Crippen LogP) is 3.69. The molecule has 4 heteroatoms. The molecule has 1 aromatic heterocycles. The molecule has 3 nitrogen and oxygen atoms in total. The maximum atomic E-state index is 4.73. The molecule has 0 amide bonds. The van der Waals surface area contributed by atoms with Crippen LogP contribution in [0.25, 0.3) is 0 Å². The Morgan fingerprint density at radius 1 is 1.14 bits per heavy atom. The van der Waals surface area contributed by atoms with Crippen molar-refractivity contribution >= 4 is 11.3 Å². The first-order valence-electron chi connectivity index (χ1n) is 8.35. The van der Waals surface area contributed by atoms with Crippen molar-refractivity contribution in [1.29, 1.82) is 0 Å². The molecule has 0 unspecified atom stereocenters. The van der Waals surface area contributed by atoms with Crippen molar-refractivity contribution in [2.75, 3.05) is 32.7 Å². The van der Waals surface area contributed by atoms with Gasteiger partial charge in [-0.3, -0.25) is 0 Å². The van der Waals surface area contributed by atoms with E-state index in [2.05, 4.69) is 50.2 Å². The van der Waals surface area contributed by atoms with Crippen LogP contribution in [-0.2, 0) is 11.8 Å². The Hall–Kier alpha value is -0.450. The van der Waals surface area contributed by atoms with Gasteiger partial charge >= 0.3 is 0 Å². The Kier molecular flexibility index (Phi) is 8.45. The average Bonchev–Trinajstić information content (AvgIpc) is 2.91. The van der Waals surface area contributed by atoms with Gasteiger partial charge in [-0.25, -0.2) is 4.98 Å². The summed E-state index contributed by atoms with van der Waals surface area (Å²) in [4.78, 5) is 7.22. The SMILES string of the molecule is CCN(CC)CCCCNCCc1nc(C(C)(C)C)cs1. The Balaban J connectivity index is 2.08. The lowest BCUT2D eigenvalue weighted by Gasteiger charge is -2.17. The molecule has 0 aliphatic carbocycles. The zero-order valence-electron chi connectivity index (χ0n) is 14.5. The van der Waals surface area contributed by atoms with Crippen LogP contribution in [0.4, 0.5) is 0 Å².